The molecule has 0 radical (unpaired) electrons. The maximum Gasteiger partial charge on any atom is 0.410 e. The van der Waals surface area contributed by atoms with Crippen molar-refractivity contribution in [1.82, 2.24) is 69.1 Å². The van der Waals surface area contributed by atoms with Crippen molar-refractivity contribution in [2.75, 3.05) is 44.0 Å². The molecule has 1 fully saturated rings. The fraction of sp³-hybridized carbons (Fsp3) is 0.359. The summed E-state index contributed by atoms with van der Waals surface area (Å²) in [7, 11) is 1.46. The monoisotopic (exact) mass is 1280 g/mol. The molecule has 0 spiro atoms. The molecule has 10 rings (SSSR count). The second kappa shape index (κ2) is 28.0. The van der Waals surface area contributed by atoms with E-state index in [0.29, 0.717) is 117 Å². The third-order valence-electron chi connectivity index (χ3n) is 16.0. The standard InChI is InChI=1S/C64H72N18O12/c1-9-81-46(25-35(5)75-81)61(89)74-63-71-45-27-41(56(66)87)28-47(92-8)54(45)80(63)22-12-11-21-79-53-43(44-30-67-57(73-58(44)79)59-69-37(7)76-82(59)10-2)26-40(55(65)86)29-48(53)93-24-20-39-31-77(32-39)64(91)94-33-38-13-15-42(16-14-38)70-60(88)36(6)68-62(90)52(34(3)4)72-49(83)19-23-78-50(84)17-18-51(78)85/h11-18,25-30,34,36,39,52H,9-10,19-24,31-33H2,1-8H3,(H2,65,86)(H2,66,87)(H,68,90)(H,70,88)(H,72,83)(H,71,74,89)/b12-11+/t36-,52-/m0/s1. The number of imidazole rings is 1. The second-order valence-corrected chi connectivity index (χ2v) is 23.0. The molecule has 94 heavy (non-hydrogen) atoms. The van der Waals surface area contributed by atoms with Gasteiger partial charge in [-0.15, -0.1) is 0 Å². The first-order valence-corrected chi connectivity index (χ1v) is 30.5. The molecule has 30 heteroatoms. The highest BCUT2D eigenvalue weighted by Crippen LogP contribution is 2.37. The normalized spacial score (nSPS) is 13.9. The Bertz CT molecular complexity index is 4360. The minimum absolute atomic E-state index is 0.0469. The van der Waals surface area contributed by atoms with Gasteiger partial charge in [-0.25, -0.2) is 29.4 Å². The number of hydrogen-bond acceptors (Lipinski definition) is 18. The molecular weight excluding hydrogens is 1210 g/mol. The molecule has 2 atom stereocenters. The lowest BCUT2D eigenvalue weighted by Crippen LogP contribution is -2.54. The minimum atomic E-state index is -0.999. The van der Waals surface area contributed by atoms with Crippen LogP contribution >= 0.6 is 0 Å². The van der Waals surface area contributed by atoms with Gasteiger partial charge in [0.15, 0.2) is 11.6 Å². The lowest BCUT2D eigenvalue weighted by molar-refractivity contribution is -0.137. The molecular formula is C64H72N18O12. The van der Waals surface area contributed by atoms with Crippen molar-refractivity contribution in [1.29, 1.82) is 0 Å². The topological polar surface area (TPSA) is 385 Å². The number of hydrogen-bond donors (Lipinski definition) is 6. The predicted octanol–water partition coefficient (Wildman–Crippen LogP) is 4.70. The van der Waals surface area contributed by atoms with Crippen LogP contribution in [0.15, 0.2) is 85.1 Å². The summed E-state index contributed by atoms with van der Waals surface area (Å²) in [5.41, 5.74) is 16.0. The Kier molecular flexibility index (Phi) is 19.6. The third kappa shape index (κ3) is 14.2. The Balaban J connectivity index is 0.793. The number of carbonyl (C=O) groups excluding carboxylic acids is 9. The van der Waals surface area contributed by atoms with Crippen molar-refractivity contribution in [3.63, 3.8) is 0 Å². The summed E-state index contributed by atoms with van der Waals surface area (Å²) >= 11 is 0. The number of likely N-dealkylation sites (tertiary alicyclic amines) is 1. The van der Waals surface area contributed by atoms with E-state index in [-0.39, 0.29) is 68.2 Å². The summed E-state index contributed by atoms with van der Waals surface area (Å²) in [6.45, 7) is 14.4. The highest BCUT2D eigenvalue weighted by atomic mass is 16.6. The average molecular weight is 1290 g/mol. The van der Waals surface area contributed by atoms with Gasteiger partial charge in [-0.1, -0.05) is 38.1 Å². The number of nitrogens with two attached hydrogens (primary N) is 2. The smallest absolute Gasteiger partial charge is 0.410 e. The van der Waals surface area contributed by atoms with Crippen LogP contribution in [0.25, 0.3) is 44.6 Å². The Morgan fingerprint density at radius 3 is 2.11 bits per heavy atom. The zero-order valence-corrected chi connectivity index (χ0v) is 53.1. The van der Waals surface area contributed by atoms with Crippen molar-refractivity contribution in [2.45, 2.75) is 106 Å². The molecule has 0 bridgehead atoms. The largest absolute Gasteiger partial charge is 0.494 e. The molecule has 0 aliphatic carbocycles. The van der Waals surface area contributed by atoms with E-state index in [1.165, 1.54) is 26.2 Å². The van der Waals surface area contributed by atoms with Crippen molar-refractivity contribution in [2.24, 2.45) is 23.3 Å². The van der Waals surface area contributed by atoms with E-state index < -0.39 is 65.4 Å². The Hall–Kier alpha value is -11.3. The Morgan fingerprint density at radius 1 is 0.755 bits per heavy atom. The molecule has 8 N–H and O–H groups in total. The van der Waals surface area contributed by atoms with Gasteiger partial charge in [0.1, 0.15) is 52.9 Å². The lowest BCUT2D eigenvalue weighted by atomic mass is 9.97. The first-order valence-electron chi connectivity index (χ1n) is 30.5. The van der Waals surface area contributed by atoms with Gasteiger partial charge in [-0.05, 0) is 101 Å². The van der Waals surface area contributed by atoms with Crippen LogP contribution in [-0.2, 0) is 61.5 Å². The van der Waals surface area contributed by atoms with Crippen LogP contribution in [0.5, 0.6) is 11.5 Å². The molecule has 1 saturated heterocycles. The summed E-state index contributed by atoms with van der Waals surface area (Å²) in [5.74, 6) is -2.72. The van der Waals surface area contributed by atoms with Gasteiger partial charge in [0.05, 0.1) is 30.4 Å². The summed E-state index contributed by atoms with van der Waals surface area (Å²) in [5, 5.41) is 21.1. The zero-order valence-electron chi connectivity index (χ0n) is 53.1. The molecule has 3 aromatic carbocycles. The van der Waals surface area contributed by atoms with Gasteiger partial charge >= 0.3 is 6.09 Å². The number of methoxy groups -OCH3 is 1. The Morgan fingerprint density at radius 2 is 1.44 bits per heavy atom. The SMILES string of the molecule is CCn1nc(C)cc1C(=O)Nc1nc2cc(C(N)=O)cc(OC)c2n1C/C=C/Cn1c2nc(-c3nc(C)nn3CC)ncc2c2cc(C(N)=O)cc(OCCC3CN(C(=O)OCc4ccc(NC(=O)[C@H](C)NC(=O)[C@@H](NC(=O)CCN5C(=O)C=CC5=O)C(C)C)cc4)C3)c21. The average Bonchev–Trinajstić information content (AvgIpc) is 1.59. The van der Waals surface area contributed by atoms with Crippen LogP contribution in [-0.4, -0.2) is 157 Å². The molecule has 0 saturated carbocycles. The number of carbonyl (C=O) groups is 9. The van der Waals surface area contributed by atoms with Crippen LogP contribution in [0.3, 0.4) is 0 Å². The maximum absolute atomic E-state index is 13.9. The maximum atomic E-state index is 13.9. The van der Waals surface area contributed by atoms with Gasteiger partial charge in [-0.3, -0.25) is 53.3 Å². The number of primary amides is 2. The first-order chi connectivity index (χ1) is 45.0. The summed E-state index contributed by atoms with van der Waals surface area (Å²) in [6, 6.07) is 12.6. The number of benzene rings is 3. The molecule has 5 aromatic heterocycles. The summed E-state index contributed by atoms with van der Waals surface area (Å²) in [6.07, 6.45) is 7.49. The molecule has 9 amide bonds. The summed E-state index contributed by atoms with van der Waals surface area (Å²) in [4.78, 5) is 137. The third-order valence-corrected chi connectivity index (χ3v) is 16.0. The van der Waals surface area contributed by atoms with Crippen LogP contribution in [0.2, 0.25) is 0 Å². The number of nitrogens with one attached hydrogen (secondary N) is 4. The number of imide groups is 1. The molecule has 2 aliphatic rings. The van der Waals surface area contributed by atoms with Gasteiger partial charge in [-0.2, -0.15) is 10.2 Å². The number of ether oxygens (including phenoxy) is 3. The van der Waals surface area contributed by atoms with E-state index in [4.69, 9.17) is 40.6 Å². The van der Waals surface area contributed by atoms with E-state index in [1.807, 2.05) is 30.6 Å². The fourth-order valence-corrected chi connectivity index (χ4v) is 11.1. The number of amides is 9. The molecule has 7 heterocycles. The number of aromatic nitrogens is 10. The first kappa shape index (κ1) is 65.6. The van der Waals surface area contributed by atoms with Gasteiger partial charge in [0.25, 0.3) is 17.7 Å². The van der Waals surface area contributed by atoms with Gasteiger partial charge < -0.3 is 55.7 Å². The Labute approximate surface area is 538 Å². The molecule has 8 aromatic rings. The predicted molar refractivity (Wildman–Crippen MR) is 343 cm³/mol. The van der Waals surface area contributed by atoms with Gasteiger partial charge in [0.2, 0.25) is 35.5 Å². The van der Waals surface area contributed by atoms with Crippen molar-refractivity contribution < 1.29 is 57.4 Å². The zero-order chi connectivity index (χ0) is 67.2. The van der Waals surface area contributed by atoms with E-state index in [0.717, 1.165) is 17.1 Å². The van der Waals surface area contributed by atoms with Gasteiger partial charge in [0, 0.05) is 98.2 Å². The molecule has 490 valence electrons. The van der Waals surface area contributed by atoms with Crippen molar-refractivity contribution in [3.05, 3.63) is 119 Å². The second-order valence-electron chi connectivity index (χ2n) is 23.0. The molecule has 2 aliphatic heterocycles. The van der Waals surface area contributed by atoms with Crippen molar-refractivity contribution in [3.8, 4) is 23.1 Å². The van der Waals surface area contributed by atoms with E-state index in [9.17, 15) is 43.2 Å². The highest BCUT2D eigenvalue weighted by Gasteiger charge is 2.33. The number of aryl methyl sites for hydroxylation is 4. The lowest BCUT2D eigenvalue weighted by Gasteiger charge is -2.38. The molecule has 0 unspecified atom stereocenters. The van der Waals surface area contributed by atoms with E-state index in [1.54, 1.807) is 95.2 Å². The fourth-order valence-electron chi connectivity index (χ4n) is 11.1. The number of anilines is 2. The van der Waals surface area contributed by atoms with Crippen LogP contribution in [0, 0.1) is 25.7 Å². The van der Waals surface area contributed by atoms with Crippen molar-refractivity contribution >= 4 is 98.0 Å². The molecule has 30 nitrogen and oxygen atoms in total. The van der Waals surface area contributed by atoms with E-state index >= 15 is 0 Å². The highest BCUT2D eigenvalue weighted by molar-refractivity contribution is 6.13. The summed E-state index contributed by atoms with van der Waals surface area (Å²) < 4.78 is 25.0. The van der Waals surface area contributed by atoms with Crippen LogP contribution in [0.4, 0.5) is 16.4 Å². The number of allylic oxidation sites excluding steroid dienone is 2. The van der Waals surface area contributed by atoms with Crippen LogP contribution < -0.4 is 42.2 Å². The number of rotatable bonds is 27. The minimum Gasteiger partial charge on any atom is -0.494 e. The quantitative estimate of drug-likeness (QED) is 0.0300. The van der Waals surface area contributed by atoms with E-state index in [2.05, 4.69) is 36.4 Å². The van der Waals surface area contributed by atoms with Crippen LogP contribution in [0.1, 0.15) is 95.7 Å². The number of fused-ring (bicyclic) bond motifs is 4. The number of nitrogens with zero attached hydrogens (tertiary/aromatic N) is 12.